The third-order valence-corrected chi connectivity index (χ3v) is 4.64. The van der Waals surface area contributed by atoms with Crippen molar-refractivity contribution in [1.82, 2.24) is 4.90 Å². The number of carbonyl (C=O) groups excluding carboxylic acids is 1. The molecule has 0 fully saturated rings. The summed E-state index contributed by atoms with van der Waals surface area (Å²) in [6, 6.07) is 11.5. The fourth-order valence-corrected chi connectivity index (χ4v) is 2.87. The van der Waals surface area contributed by atoms with Crippen molar-refractivity contribution in [2.75, 3.05) is 13.6 Å². The first-order chi connectivity index (χ1) is 9.52. The number of nitrogens with zero attached hydrogens (tertiary/aromatic N) is 1. The second-order valence-electron chi connectivity index (χ2n) is 4.67. The van der Waals surface area contributed by atoms with Crippen molar-refractivity contribution in [3.05, 3.63) is 46.3 Å². The van der Waals surface area contributed by atoms with Gasteiger partial charge in [-0.3, -0.25) is 4.79 Å². The van der Waals surface area contributed by atoms with E-state index in [0.717, 1.165) is 15.3 Å². The zero-order valence-corrected chi connectivity index (χ0v) is 13.0. The first kappa shape index (κ1) is 15.0. The number of halogens is 1. The molecular formula is C15H17ClN2OS. The monoisotopic (exact) mass is 308 g/mol. The topological polar surface area (TPSA) is 46.3 Å². The molecule has 1 aromatic carbocycles. The molecule has 20 heavy (non-hydrogen) atoms. The average molecular weight is 309 g/mol. The van der Waals surface area contributed by atoms with Crippen LogP contribution in [0.4, 0.5) is 0 Å². The molecule has 2 N–H and O–H groups in total. The maximum Gasteiger partial charge on any atom is 0.263 e. The molecule has 0 aliphatic carbocycles. The lowest BCUT2D eigenvalue weighted by molar-refractivity contribution is 0.0753. The number of rotatable bonds is 4. The highest BCUT2D eigenvalue weighted by Gasteiger charge is 2.18. The van der Waals surface area contributed by atoms with Gasteiger partial charge >= 0.3 is 0 Å². The molecule has 0 bridgehead atoms. The number of likely N-dealkylation sites (N-methyl/N-ethyl adjacent to an activating group) is 1. The number of carbonyl (C=O) groups is 1. The molecule has 2 rings (SSSR count). The zero-order valence-electron chi connectivity index (χ0n) is 11.5. The van der Waals surface area contributed by atoms with Gasteiger partial charge in [-0.05, 0) is 36.8 Å². The van der Waals surface area contributed by atoms with Gasteiger partial charge in [-0.1, -0.05) is 23.7 Å². The molecule has 5 heteroatoms. The van der Waals surface area contributed by atoms with E-state index in [9.17, 15) is 4.79 Å². The van der Waals surface area contributed by atoms with E-state index < -0.39 is 0 Å². The van der Waals surface area contributed by atoms with Gasteiger partial charge in [0.05, 0.1) is 4.88 Å². The van der Waals surface area contributed by atoms with Crippen LogP contribution >= 0.6 is 22.9 Å². The molecule has 1 unspecified atom stereocenters. The summed E-state index contributed by atoms with van der Waals surface area (Å²) in [6.07, 6.45) is 0. The van der Waals surface area contributed by atoms with Crippen LogP contribution in [0.2, 0.25) is 5.02 Å². The first-order valence-electron chi connectivity index (χ1n) is 6.36. The molecule has 1 atom stereocenters. The molecule has 106 valence electrons. The van der Waals surface area contributed by atoms with Gasteiger partial charge < -0.3 is 10.6 Å². The average Bonchev–Trinajstić information content (AvgIpc) is 2.95. The van der Waals surface area contributed by atoms with Crippen molar-refractivity contribution in [1.29, 1.82) is 0 Å². The van der Waals surface area contributed by atoms with Gasteiger partial charge in [-0.15, -0.1) is 11.3 Å². The fraction of sp³-hybridized carbons (Fsp3) is 0.267. The van der Waals surface area contributed by atoms with Gasteiger partial charge in [0.2, 0.25) is 0 Å². The van der Waals surface area contributed by atoms with Crippen LogP contribution in [0.3, 0.4) is 0 Å². The Balaban J connectivity index is 2.20. The molecule has 2 aromatic rings. The number of hydrogen-bond acceptors (Lipinski definition) is 3. The van der Waals surface area contributed by atoms with E-state index in [1.165, 1.54) is 11.3 Å². The van der Waals surface area contributed by atoms with Crippen LogP contribution in [0.1, 0.15) is 16.6 Å². The molecule has 0 aliphatic heterocycles. The molecule has 1 amide bonds. The van der Waals surface area contributed by atoms with Crippen LogP contribution in [0.25, 0.3) is 10.4 Å². The lowest BCUT2D eigenvalue weighted by atomic mass is 10.2. The number of hydrogen-bond donors (Lipinski definition) is 1. The predicted molar refractivity (Wildman–Crippen MR) is 85.4 cm³/mol. The highest BCUT2D eigenvalue weighted by molar-refractivity contribution is 7.17. The van der Waals surface area contributed by atoms with Crippen molar-refractivity contribution >= 4 is 28.8 Å². The second kappa shape index (κ2) is 6.39. The van der Waals surface area contributed by atoms with Crippen LogP contribution in [0, 0.1) is 0 Å². The van der Waals surface area contributed by atoms with Crippen LogP contribution in [-0.2, 0) is 0 Å². The molecule has 1 aromatic heterocycles. The summed E-state index contributed by atoms with van der Waals surface area (Å²) in [5.41, 5.74) is 6.66. The second-order valence-corrected chi connectivity index (χ2v) is 6.19. The Hall–Kier alpha value is -1.36. The van der Waals surface area contributed by atoms with E-state index in [0.29, 0.717) is 11.6 Å². The van der Waals surface area contributed by atoms with Crippen LogP contribution in [0.5, 0.6) is 0 Å². The van der Waals surface area contributed by atoms with Crippen LogP contribution in [-0.4, -0.2) is 30.4 Å². The van der Waals surface area contributed by atoms with Gasteiger partial charge in [0.25, 0.3) is 5.91 Å². The van der Waals surface area contributed by atoms with E-state index >= 15 is 0 Å². The van der Waals surface area contributed by atoms with E-state index in [1.807, 2.05) is 43.3 Å². The van der Waals surface area contributed by atoms with Gasteiger partial charge in [0.1, 0.15) is 0 Å². The van der Waals surface area contributed by atoms with Crippen molar-refractivity contribution in [2.24, 2.45) is 5.73 Å². The molecule has 0 saturated heterocycles. The zero-order chi connectivity index (χ0) is 14.7. The minimum atomic E-state index is 0.00756. The van der Waals surface area contributed by atoms with E-state index in [-0.39, 0.29) is 11.9 Å². The van der Waals surface area contributed by atoms with Gasteiger partial charge in [-0.2, -0.15) is 0 Å². The van der Waals surface area contributed by atoms with Crippen molar-refractivity contribution < 1.29 is 4.79 Å². The Morgan fingerprint density at radius 1 is 1.30 bits per heavy atom. The Kier molecular flexibility index (Phi) is 4.81. The number of amides is 1. The van der Waals surface area contributed by atoms with Crippen LogP contribution < -0.4 is 5.73 Å². The SMILES string of the molecule is CC(CN)N(C)C(=O)c1ccc(-c2ccc(Cl)cc2)s1. The molecule has 0 spiro atoms. The minimum absolute atomic E-state index is 0.00756. The summed E-state index contributed by atoms with van der Waals surface area (Å²) in [7, 11) is 1.78. The van der Waals surface area contributed by atoms with Gasteiger partial charge in [0, 0.05) is 29.5 Å². The lowest BCUT2D eigenvalue weighted by Crippen LogP contribution is -2.39. The van der Waals surface area contributed by atoms with Crippen molar-refractivity contribution in [3.63, 3.8) is 0 Å². The Bertz CT molecular complexity index is 594. The smallest absolute Gasteiger partial charge is 0.263 e. The summed E-state index contributed by atoms with van der Waals surface area (Å²) in [6.45, 7) is 2.39. The van der Waals surface area contributed by atoms with Crippen molar-refractivity contribution in [3.8, 4) is 10.4 Å². The number of benzene rings is 1. The maximum atomic E-state index is 12.3. The normalized spacial score (nSPS) is 12.2. The standard InChI is InChI=1S/C15H17ClN2OS/c1-10(9-17)18(2)15(19)14-8-7-13(20-14)11-3-5-12(16)6-4-11/h3-8,10H,9,17H2,1-2H3. The van der Waals surface area contributed by atoms with E-state index in [2.05, 4.69) is 0 Å². The van der Waals surface area contributed by atoms with Gasteiger partial charge in [-0.25, -0.2) is 0 Å². The predicted octanol–water partition coefficient (Wildman–Crippen LogP) is 3.49. The largest absolute Gasteiger partial charge is 0.337 e. The Labute approximate surface area is 128 Å². The van der Waals surface area contributed by atoms with E-state index in [4.69, 9.17) is 17.3 Å². The molecular weight excluding hydrogens is 292 g/mol. The lowest BCUT2D eigenvalue weighted by Gasteiger charge is -2.22. The molecule has 0 saturated carbocycles. The summed E-state index contributed by atoms with van der Waals surface area (Å²) >= 11 is 7.36. The highest BCUT2D eigenvalue weighted by Crippen LogP contribution is 2.29. The summed E-state index contributed by atoms with van der Waals surface area (Å²) in [5, 5.41) is 0.707. The van der Waals surface area contributed by atoms with Crippen molar-refractivity contribution in [2.45, 2.75) is 13.0 Å². The number of thiophene rings is 1. The number of nitrogens with two attached hydrogens (primary N) is 1. The van der Waals surface area contributed by atoms with Crippen LogP contribution in [0.15, 0.2) is 36.4 Å². The fourth-order valence-electron chi connectivity index (χ4n) is 1.75. The van der Waals surface area contributed by atoms with Gasteiger partial charge in [0.15, 0.2) is 0 Å². The molecule has 1 heterocycles. The highest BCUT2D eigenvalue weighted by atomic mass is 35.5. The first-order valence-corrected chi connectivity index (χ1v) is 7.55. The summed E-state index contributed by atoms with van der Waals surface area (Å²) in [5.74, 6) is 0.00756. The Morgan fingerprint density at radius 2 is 1.95 bits per heavy atom. The minimum Gasteiger partial charge on any atom is -0.337 e. The molecule has 0 radical (unpaired) electrons. The maximum absolute atomic E-state index is 12.3. The van der Waals surface area contributed by atoms with E-state index in [1.54, 1.807) is 11.9 Å². The Morgan fingerprint density at radius 3 is 2.55 bits per heavy atom. The third kappa shape index (κ3) is 3.20. The molecule has 0 aliphatic rings. The summed E-state index contributed by atoms with van der Waals surface area (Å²) < 4.78 is 0. The summed E-state index contributed by atoms with van der Waals surface area (Å²) in [4.78, 5) is 15.8. The molecule has 3 nitrogen and oxygen atoms in total. The third-order valence-electron chi connectivity index (χ3n) is 3.27. The quantitative estimate of drug-likeness (QED) is 0.940.